The van der Waals surface area contributed by atoms with E-state index in [9.17, 15) is 4.79 Å². The van der Waals surface area contributed by atoms with Gasteiger partial charge < -0.3 is 15.4 Å². The molecule has 102 valence electrons. The highest BCUT2D eigenvalue weighted by atomic mass is 16.5. The van der Waals surface area contributed by atoms with Crippen molar-refractivity contribution in [1.29, 1.82) is 0 Å². The van der Waals surface area contributed by atoms with Crippen LogP contribution in [-0.2, 0) is 9.53 Å². The van der Waals surface area contributed by atoms with Crippen LogP contribution < -0.4 is 10.6 Å². The summed E-state index contributed by atoms with van der Waals surface area (Å²) in [6.45, 7) is 4.27. The summed E-state index contributed by atoms with van der Waals surface area (Å²) < 4.78 is 5.48. The molecule has 3 rings (SSSR count). The van der Waals surface area contributed by atoms with Gasteiger partial charge in [0.25, 0.3) is 0 Å². The Morgan fingerprint density at radius 3 is 3.00 bits per heavy atom. The molecule has 0 radical (unpaired) electrons. The van der Waals surface area contributed by atoms with E-state index in [0.29, 0.717) is 18.7 Å². The normalized spacial score (nSPS) is 33.6. The van der Waals surface area contributed by atoms with E-state index in [1.807, 2.05) is 0 Å². The highest BCUT2D eigenvalue weighted by molar-refractivity contribution is 5.82. The lowest BCUT2D eigenvalue weighted by Gasteiger charge is -2.36. The van der Waals surface area contributed by atoms with Crippen molar-refractivity contribution >= 4 is 5.91 Å². The van der Waals surface area contributed by atoms with Gasteiger partial charge in [0.05, 0.1) is 13.2 Å². The lowest BCUT2D eigenvalue weighted by Crippen LogP contribution is -2.56. The highest BCUT2D eigenvalue weighted by Crippen LogP contribution is 2.20. The Kier molecular flexibility index (Phi) is 3.82. The van der Waals surface area contributed by atoms with Crippen molar-refractivity contribution in [2.24, 2.45) is 0 Å². The molecule has 1 saturated carbocycles. The first-order valence-electron chi connectivity index (χ1n) is 7.18. The largest absolute Gasteiger partial charge is 0.378 e. The molecule has 1 aliphatic carbocycles. The zero-order valence-corrected chi connectivity index (χ0v) is 10.9. The summed E-state index contributed by atoms with van der Waals surface area (Å²) in [6, 6.07) is 0.909. The van der Waals surface area contributed by atoms with Crippen LogP contribution in [0.1, 0.15) is 25.7 Å². The quantitative estimate of drug-likeness (QED) is 0.723. The zero-order valence-electron chi connectivity index (χ0n) is 10.9. The second-order valence-electron chi connectivity index (χ2n) is 5.66. The van der Waals surface area contributed by atoms with Gasteiger partial charge in [-0.1, -0.05) is 0 Å². The number of carbonyl (C=O) groups excluding carboxylic acids is 1. The molecule has 0 aromatic rings. The lowest BCUT2D eigenvalue weighted by molar-refractivity contribution is -0.132. The van der Waals surface area contributed by atoms with Crippen molar-refractivity contribution in [1.82, 2.24) is 15.5 Å². The van der Waals surface area contributed by atoms with E-state index < -0.39 is 0 Å². The molecule has 18 heavy (non-hydrogen) atoms. The van der Waals surface area contributed by atoms with Crippen molar-refractivity contribution < 1.29 is 9.53 Å². The van der Waals surface area contributed by atoms with Crippen LogP contribution in [0.2, 0.25) is 0 Å². The molecule has 3 aliphatic rings. The van der Waals surface area contributed by atoms with Gasteiger partial charge in [0, 0.05) is 25.2 Å². The Labute approximate surface area is 108 Å². The van der Waals surface area contributed by atoms with Crippen molar-refractivity contribution in [3.63, 3.8) is 0 Å². The maximum Gasteiger partial charge on any atom is 0.239 e. The molecule has 5 heteroatoms. The smallest absolute Gasteiger partial charge is 0.239 e. The van der Waals surface area contributed by atoms with Crippen molar-refractivity contribution in [2.75, 3.05) is 32.8 Å². The number of nitrogens with zero attached hydrogens (tertiary/aromatic N) is 1. The molecule has 0 bridgehead atoms. The fourth-order valence-electron chi connectivity index (χ4n) is 2.82. The van der Waals surface area contributed by atoms with Gasteiger partial charge in [0.1, 0.15) is 6.04 Å². The number of hydrogen-bond donors (Lipinski definition) is 2. The molecule has 2 heterocycles. The minimum Gasteiger partial charge on any atom is -0.378 e. The van der Waals surface area contributed by atoms with Crippen LogP contribution in [0.5, 0.6) is 0 Å². The molecular formula is C13H23N3O2. The number of morpholine rings is 1. The monoisotopic (exact) mass is 253 g/mol. The second-order valence-corrected chi connectivity index (χ2v) is 5.66. The number of carbonyl (C=O) groups is 1. The topological polar surface area (TPSA) is 53.6 Å². The van der Waals surface area contributed by atoms with Crippen molar-refractivity contribution in [3.05, 3.63) is 0 Å². The molecule has 1 unspecified atom stereocenters. The van der Waals surface area contributed by atoms with Crippen LogP contribution >= 0.6 is 0 Å². The third-order valence-corrected chi connectivity index (χ3v) is 4.08. The van der Waals surface area contributed by atoms with E-state index in [2.05, 4.69) is 15.5 Å². The standard InChI is InChI=1S/C13H23N3O2/c17-13(15-10-3-4-10)12-9-18-7-6-16(12)8-11-2-1-5-14-11/h10-12,14H,1-9H2,(H,15,17)/t11-,12?/m1/s1. The van der Waals surface area contributed by atoms with E-state index in [4.69, 9.17) is 4.74 Å². The number of rotatable bonds is 4. The molecule has 0 spiro atoms. The first-order valence-corrected chi connectivity index (χ1v) is 7.18. The molecule has 5 nitrogen and oxygen atoms in total. The van der Waals surface area contributed by atoms with Gasteiger partial charge in [-0.3, -0.25) is 9.69 Å². The molecule has 0 aromatic heterocycles. The number of ether oxygens (including phenoxy) is 1. The minimum absolute atomic E-state index is 0.0817. The van der Waals surface area contributed by atoms with Gasteiger partial charge in [-0.25, -0.2) is 0 Å². The van der Waals surface area contributed by atoms with Gasteiger partial charge in [0.2, 0.25) is 5.91 Å². The van der Waals surface area contributed by atoms with Crippen LogP contribution in [0.4, 0.5) is 0 Å². The summed E-state index contributed by atoms with van der Waals surface area (Å²) in [7, 11) is 0. The predicted octanol–water partition coefficient (Wildman–Crippen LogP) is -0.282. The Morgan fingerprint density at radius 2 is 2.28 bits per heavy atom. The first-order chi connectivity index (χ1) is 8.83. The van der Waals surface area contributed by atoms with Crippen LogP contribution in [-0.4, -0.2) is 61.8 Å². The molecule has 2 aliphatic heterocycles. The van der Waals surface area contributed by atoms with Crippen molar-refractivity contribution in [2.45, 2.75) is 43.8 Å². The molecule has 3 fully saturated rings. The molecule has 2 atom stereocenters. The number of amides is 1. The maximum atomic E-state index is 12.2. The minimum atomic E-state index is -0.0817. The molecule has 2 saturated heterocycles. The van der Waals surface area contributed by atoms with Crippen LogP contribution in [0.25, 0.3) is 0 Å². The second kappa shape index (κ2) is 5.55. The van der Waals surface area contributed by atoms with E-state index in [0.717, 1.165) is 39.1 Å². The fourth-order valence-corrected chi connectivity index (χ4v) is 2.82. The van der Waals surface area contributed by atoms with E-state index in [1.54, 1.807) is 0 Å². The Morgan fingerprint density at radius 1 is 1.39 bits per heavy atom. The van der Waals surface area contributed by atoms with Gasteiger partial charge >= 0.3 is 0 Å². The highest BCUT2D eigenvalue weighted by Gasteiger charge is 2.34. The lowest BCUT2D eigenvalue weighted by atomic mass is 10.1. The predicted molar refractivity (Wildman–Crippen MR) is 68.4 cm³/mol. The summed E-state index contributed by atoms with van der Waals surface area (Å²) in [4.78, 5) is 14.5. The van der Waals surface area contributed by atoms with Gasteiger partial charge in [-0.15, -0.1) is 0 Å². The average Bonchev–Trinajstić information content (AvgIpc) is 3.04. The summed E-state index contributed by atoms with van der Waals surface area (Å²) in [6.07, 6.45) is 4.77. The first kappa shape index (κ1) is 12.4. The van der Waals surface area contributed by atoms with Crippen LogP contribution in [0.15, 0.2) is 0 Å². The van der Waals surface area contributed by atoms with Crippen molar-refractivity contribution in [3.8, 4) is 0 Å². The van der Waals surface area contributed by atoms with E-state index in [1.165, 1.54) is 12.8 Å². The van der Waals surface area contributed by atoms with Gasteiger partial charge in [-0.05, 0) is 32.2 Å². The summed E-state index contributed by atoms with van der Waals surface area (Å²) >= 11 is 0. The zero-order chi connectivity index (χ0) is 12.4. The number of hydrogen-bond acceptors (Lipinski definition) is 4. The molecule has 1 amide bonds. The van der Waals surface area contributed by atoms with Gasteiger partial charge in [-0.2, -0.15) is 0 Å². The SMILES string of the molecule is O=C(NC1CC1)C1COCCN1C[C@H]1CCCN1. The molecule has 2 N–H and O–H groups in total. The summed E-state index contributed by atoms with van der Waals surface area (Å²) in [5.74, 6) is 0.162. The molecule has 0 aromatic carbocycles. The number of nitrogens with one attached hydrogen (secondary N) is 2. The van der Waals surface area contributed by atoms with Crippen LogP contribution in [0, 0.1) is 0 Å². The molecular weight excluding hydrogens is 230 g/mol. The van der Waals surface area contributed by atoms with Crippen LogP contribution in [0.3, 0.4) is 0 Å². The average molecular weight is 253 g/mol. The van der Waals surface area contributed by atoms with E-state index in [-0.39, 0.29) is 11.9 Å². The Bertz CT molecular complexity index is 301. The van der Waals surface area contributed by atoms with E-state index >= 15 is 0 Å². The Hall–Kier alpha value is -0.650. The maximum absolute atomic E-state index is 12.2. The summed E-state index contributed by atoms with van der Waals surface area (Å²) in [5.41, 5.74) is 0. The third-order valence-electron chi connectivity index (χ3n) is 4.08. The third kappa shape index (κ3) is 3.02. The Balaban J connectivity index is 1.55. The fraction of sp³-hybridized carbons (Fsp3) is 0.923. The summed E-state index contributed by atoms with van der Waals surface area (Å²) in [5, 5.41) is 6.60. The van der Waals surface area contributed by atoms with Gasteiger partial charge in [0.15, 0.2) is 0 Å².